The standard InChI is InChI=1S/C18H20FNO3/c1-3-23-17(22)18(9-10-18)14-11-20(16(21)15(14)19)12(2)13-7-5-4-6-8-13/h4-8,12H,3,9-11H2,1-2H3/t12-/m1/s1. The average Bonchev–Trinajstić information content (AvgIpc) is 3.31. The van der Waals surface area contributed by atoms with Crippen LogP contribution in [0.4, 0.5) is 4.39 Å². The van der Waals surface area contributed by atoms with E-state index in [2.05, 4.69) is 0 Å². The molecule has 4 nitrogen and oxygen atoms in total. The van der Waals surface area contributed by atoms with Crippen molar-refractivity contribution in [2.24, 2.45) is 5.41 Å². The van der Waals surface area contributed by atoms with E-state index in [0.717, 1.165) is 5.56 Å². The second-order valence-corrected chi connectivity index (χ2v) is 6.11. The Bertz CT molecular complexity index is 664. The second kappa shape index (κ2) is 5.80. The molecule has 0 radical (unpaired) electrons. The first-order valence-corrected chi connectivity index (χ1v) is 7.93. The van der Waals surface area contributed by atoms with Gasteiger partial charge >= 0.3 is 5.97 Å². The number of esters is 1. The Kier molecular flexibility index (Phi) is 3.96. The number of nitrogens with zero attached hydrogens (tertiary/aromatic N) is 1. The van der Waals surface area contributed by atoms with Crippen molar-refractivity contribution in [3.63, 3.8) is 0 Å². The molecular weight excluding hydrogens is 297 g/mol. The fraction of sp³-hybridized carbons (Fsp3) is 0.444. The Labute approximate surface area is 134 Å². The lowest BCUT2D eigenvalue weighted by molar-refractivity contribution is -0.148. The third kappa shape index (κ3) is 2.54. The lowest BCUT2D eigenvalue weighted by Crippen LogP contribution is -2.31. The summed E-state index contributed by atoms with van der Waals surface area (Å²) in [5.74, 6) is -1.82. The van der Waals surface area contributed by atoms with Gasteiger partial charge in [-0.05, 0) is 32.3 Å². The molecule has 1 fully saturated rings. The van der Waals surface area contributed by atoms with Gasteiger partial charge in [-0.2, -0.15) is 0 Å². The molecule has 1 atom stereocenters. The molecular formula is C18H20FNO3. The summed E-state index contributed by atoms with van der Waals surface area (Å²) in [4.78, 5) is 26.0. The van der Waals surface area contributed by atoms with Crippen LogP contribution in [0.2, 0.25) is 0 Å². The summed E-state index contributed by atoms with van der Waals surface area (Å²) >= 11 is 0. The monoisotopic (exact) mass is 317 g/mol. The Balaban J connectivity index is 1.83. The molecule has 0 N–H and O–H groups in total. The molecule has 122 valence electrons. The quantitative estimate of drug-likeness (QED) is 0.784. The highest BCUT2D eigenvalue weighted by atomic mass is 19.1. The predicted molar refractivity (Wildman–Crippen MR) is 83.0 cm³/mol. The third-order valence-corrected chi connectivity index (χ3v) is 4.79. The van der Waals surface area contributed by atoms with Crippen LogP contribution in [-0.4, -0.2) is 29.9 Å². The third-order valence-electron chi connectivity index (χ3n) is 4.79. The van der Waals surface area contributed by atoms with Crippen molar-refractivity contribution in [3.05, 3.63) is 47.3 Å². The number of carbonyl (C=O) groups excluding carboxylic acids is 2. The summed E-state index contributed by atoms with van der Waals surface area (Å²) in [7, 11) is 0. The van der Waals surface area contributed by atoms with E-state index in [1.165, 1.54) is 4.90 Å². The van der Waals surface area contributed by atoms with Crippen molar-refractivity contribution >= 4 is 11.9 Å². The minimum absolute atomic E-state index is 0.152. The smallest absolute Gasteiger partial charge is 0.316 e. The van der Waals surface area contributed by atoms with Gasteiger partial charge in [0.15, 0.2) is 5.83 Å². The van der Waals surface area contributed by atoms with Gasteiger partial charge in [-0.15, -0.1) is 0 Å². The molecule has 1 aliphatic heterocycles. The highest BCUT2D eigenvalue weighted by Crippen LogP contribution is 2.56. The molecule has 1 aromatic rings. The fourth-order valence-corrected chi connectivity index (χ4v) is 3.18. The summed E-state index contributed by atoms with van der Waals surface area (Å²) < 4.78 is 19.6. The normalized spacial score (nSPS) is 20.7. The summed E-state index contributed by atoms with van der Waals surface area (Å²) in [6, 6.07) is 9.24. The largest absolute Gasteiger partial charge is 0.465 e. The van der Waals surface area contributed by atoms with E-state index in [4.69, 9.17) is 4.74 Å². The molecule has 2 aliphatic rings. The van der Waals surface area contributed by atoms with Crippen LogP contribution in [0.1, 0.15) is 38.3 Å². The Morgan fingerprint density at radius 3 is 2.57 bits per heavy atom. The zero-order chi connectivity index (χ0) is 16.6. The van der Waals surface area contributed by atoms with Gasteiger partial charge in [0.1, 0.15) is 0 Å². The Morgan fingerprint density at radius 1 is 1.35 bits per heavy atom. The van der Waals surface area contributed by atoms with Gasteiger partial charge < -0.3 is 9.64 Å². The molecule has 0 saturated heterocycles. The van der Waals surface area contributed by atoms with Crippen LogP contribution in [0.3, 0.4) is 0 Å². The van der Waals surface area contributed by atoms with Crippen molar-refractivity contribution in [2.45, 2.75) is 32.7 Å². The van der Waals surface area contributed by atoms with Crippen LogP contribution < -0.4 is 0 Å². The van der Waals surface area contributed by atoms with Crippen molar-refractivity contribution < 1.29 is 18.7 Å². The molecule has 1 heterocycles. The Morgan fingerprint density at radius 2 is 2.00 bits per heavy atom. The molecule has 0 bridgehead atoms. The van der Waals surface area contributed by atoms with Crippen molar-refractivity contribution in [1.29, 1.82) is 0 Å². The highest BCUT2D eigenvalue weighted by Gasteiger charge is 2.58. The molecule has 1 aliphatic carbocycles. The summed E-state index contributed by atoms with van der Waals surface area (Å²) in [6.07, 6.45) is 1.10. The first kappa shape index (κ1) is 15.7. The lowest BCUT2D eigenvalue weighted by Gasteiger charge is -2.26. The molecule has 0 unspecified atom stereocenters. The van der Waals surface area contributed by atoms with Gasteiger partial charge in [0, 0.05) is 12.1 Å². The van der Waals surface area contributed by atoms with Crippen molar-refractivity contribution in [1.82, 2.24) is 4.90 Å². The van der Waals surface area contributed by atoms with Gasteiger partial charge in [0.2, 0.25) is 0 Å². The second-order valence-electron chi connectivity index (χ2n) is 6.11. The van der Waals surface area contributed by atoms with E-state index >= 15 is 0 Å². The van der Waals surface area contributed by atoms with E-state index in [-0.39, 0.29) is 19.2 Å². The van der Waals surface area contributed by atoms with Crippen LogP contribution in [0.5, 0.6) is 0 Å². The molecule has 3 rings (SSSR count). The van der Waals surface area contributed by atoms with Crippen LogP contribution >= 0.6 is 0 Å². The van der Waals surface area contributed by atoms with E-state index < -0.39 is 23.1 Å². The minimum atomic E-state index is -0.916. The number of carbonyl (C=O) groups is 2. The highest BCUT2D eigenvalue weighted by molar-refractivity contribution is 5.98. The number of halogens is 1. The molecule has 1 amide bonds. The van der Waals surface area contributed by atoms with Gasteiger partial charge in [-0.1, -0.05) is 30.3 Å². The first-order valence-electron chi connectivity index (χ1n) is 7.93. The van der Waals surface area contributed by atoms with E-state index in [1.54, 1.807) is 6.92 Å². The molecule has 1 saturated carbocycles. The van der Waals surface area contributed by atoms with E-state index in [1.807, 2.05) is 37.3 Å². The fourth-order valence-electron chi connectivity index (χ4n) is 3.18. The van der Waals surface area contributed by atoms with Gasteiger partial charge in [-0.25, -0.2) is 4.39 Å². The summed E-state index contributed by atoms with van der Waals surface area (Å²) in [5, 5.41) is 0. The number of benzene rings is 1. The molecule has 0 aromatic heterocycles. The van der Waals surface area contributed by atoms with Crippen molar-refractivity contribution in [3.8, 4) is 0 Å². The number of amides is 1. The van der Waals surface area contributed by atoms with Crippen LogP contribution in [0, 0.1) is 5.41 Å². The number of hydrogen-bond donors (Lipinski definition) is 0. The molecule has 0 spiro atoms. The average molecular weight is 317 g/mol. The van der Waals surface area contributed by atoms with E-state index in [9.17, 15) is 14.0 Å². The maximum Gasteiger partial charge on any atom is 0.316 e. The maximum atomic E-state index is 14.5. The number of rotatable bonds is 5. The van der Waals surface area contributed by atoms with Crippen molar-refractivity contribution in [2.75, 3.05) is 13.2 Å². The zero-order valence-corrected chi connectivity index (χ0v) is 13.3. The molecule has 23 heavy (non-hydrogen) atoms. The lowest BCUT2D eigenvalue weighted by atomic mass is 9.96. The summed E-state index contributed by atoms with van der Waals surface area (Å²) in [5.41, 5.74) is 0.320. The van der Waals surface area contributed by atoms with Gasteiger partial charge in [-0.3, -0.25) is 9.59 Å². The molecule has 1 aromatic carbocycles. The molecule has 5 heteroatoms. The van der Waals surface area contributed by atoms with Crippen LogP contribution in [-0.2, 0) is 14.3 Å². The SMILES string of the molecule is CCOC(=O)C1(C2=C(F)C(=O)N([C@H](C)c3ccccc3)C2)CC1. The Hall–Kier alpha value is -2.17. The van der Waals surface area contributed by atoms with Crippen LogP contribution in [0.25, 0.3) is 0 Å². The van der Waals surface area contributed by atoms with Gasteiger partial charge in [0.05, 0.1) is 18.1 Å². The number of hydrogen-bond acceptors (Lipinski definition) is 3. The van der Waals surface area contributed by atoms with Gasteiger partial charge in [0.25, 0.3) is 5.91 Å². The maximum absolute atomic E-state index is 14.5. The topological polar surface area (TPSA) is 46.6 Å². The first-order chi connectivity index (χ1) is 11.0. The minimum Gasteiger partial charge on any atom is -0.465 e. The predicted octanol–water partition coefficient (Wildman–Crippen LogP) is 3.16. The van der Waals surface area contributed by atoms with E-state index in [0.29, 0.717) is 18.4 Å². The zero-order valence-electron chi connectivity index (χ0n) is 13.3. The number of ether oxygens (including phenoxy) is 1. The summed E-state index contributed by atoms with van der Waals surface area (Å²) in [6.45, 7) is 4.00. The van der Waals surface area contributed by atoms with Crippen LogP contribution in [0.15, 0.2) is 41.7 Å².